The number of benzene rings is 2. The Hall–Kier alpha value is -3.26. The fourth-order valence-electron chi connectivity index (χ4n) is 2.90. The van der Waals surface area contributed by atoms with Crippen LogP contribution in [0.3, 0.4) is 0 Å². The summed E-state index contributed by atoms with van der Waals surface area (Å²) in [5, 5.41) is 13.6. The molecular weight excluding hydrogens is 314 g/mol. The van der Waals surface area contributed by atoms with Crippen LogP contribution in [0.5, 0.6) is 11.5 Å². The van der Waals surface area contributed by atoms with E-state index >= 15 is 0 Å². The molecule has 0 aliphatic carbocycles. The summed E-state index contributed by atoms with van der Waals surface area (Å²) in [6.45, 7) is 1.86. The molecule has 1 aliphatic heterocycles. The van der Waals surface area contributed by atoms with E-state index in [1.807, 2.05) is 48.5 Å². The minimum absolute atomic E-state index is 0.556. The minimum Gasteiger partial charge on any atom is -0.486 e. The molecule has 0 bridgehead atoms. The maximum absolute atomic E-state index is 9.37. The van der Waals surface area contributed by atoms with Crippen molar-refractivity contribution in [2.45, 2.75) is 6.42 Å². The third-order valence-electron chi connectivity index (χ3n) is 4.16. The number of fused-ring (bicyclic) bond motifs is 2. The lowest BCUT2D eigenvalue weighted by Gasteiger charge is -2.19. The first-order valence-corrected chi connectivity index (χ1v) is 8.26. The molecule has 25 heavy (non-hydrogen) atoms. The Morgan fingerprint density at radius 2 is 1.88 bits per heavy atom. The number of ether oxygens (including phenoxy) is 2. The number of aromatic nitrogens is 1. The van der Waals surface area contributed by atoms with Crippen molar-refractivity contribution in [2.75, 3.05) is 25.1 Å². The normalized spacial score (nSPS) is 12.6. The third-order valence-corrected chi connectivity index (χ3v) is 4.16. The summed E-state index contributed by atoms with van der Waals surface area (Å²) in [7, 11) is 0. The second-order valence-corrected chi connectivity index (χ2v) is 5.84. The molecule has 5 nitrogen and oxygen atoms in total. The van der Waals surface area contributed by atoms with Gasteiger partial charge in [-0.2, -0.15) is 5.26 Å². The highest BCUT2D eigenvalue weighted by molar-refractivity contribution is 5.82. The second kappa shape index (κ2) is 6.70. The van der Waals surface area contributed by atoms with Gasteiger partial charge < -0.3 is 14.8 Å². The van der Waals surface area contributed by atoms with Gasteiger partial charge in [0.15, 0.2) is 11.5 Å². The number of anilines is 1. The van der Waals surface area contributed by atoms with Crippen LogP contribution in [0.25, 0.3) is 10.9 Å². The average molecular weight is 331 g/mol. The van der Waals surface area contributed by atoms with Crippen LogP contribution in [0.1, 0.15) is 11.1 Å². The highest BCUT2D eigenvalue weighted by atomic mass is 16.6. The van der Waals surface area contributed by atoms with Gasteiger partial charge >= 0.3 is 0 Å². The largest absolute Gasteiger partial charge is 0.486 e. The zero-order valence-electron chi connectivity index (χ0n) is 13.7. The molecule has 4 rings (SSSR count). The molecule has 0 amide bonds. The molecule has 0 spiro atoms. The molecule has 1 aromatic heterocycles. The van der Waals surface area contributed by atoms with E-state index in [0.717, 1.165) is 34.4 Å². The van der Waals surface area contributed by atoms with Crippen LogP contribution in [0.2, 0.25) is 0 Å². The van der Waals surface area contributed by atoms with E-state index in [1.165, 1.54) is 0 Å². The molecule has 2 aromatic carbocycles. The zero-order chi connectivity index (χ0) is 17.1. The van der Waals surface area contributed by atoms with Crippen LogP contribution < -0.4 is 14.8 Å². The molecule has 0 radical (unpaired) electrons. The summed E-state index contributed by atoms with van der Waals surface area (Å²) >= 11 is 0. The molecule has 5 heteroatoms. The molecule has 1 N–H and O–H groups in total. The summed E-state index contributed by atoms with van der Waals surface area (Å²) in [6, 6.07) is 17.9. The van der Waals surface area contributed by atoms with E-state index < -0.39 is 0 Å². The van der Waals surface area contributed by atoms with Gasteiger partial charge in [-0.15, -0.1) is 0 Å². The van der Waals surface area contributed by atoms with Gasteiger partial charge in [-0.1, -0.05) is 24.3 Å². The summed E-state index contributed by atoms with van der Waals surface area (Å²) < 4.78 is 11.1. The van der Waals surface area contributed by atoms with Gasteiger partial charge in [0.1, 0.15) is 25.1 Å². The van der Waals surface area contributed by atoms with Gasteiger partial charge in [0.05, 0.1) is 11.1 Å². The number of para-hydroxylation sites is 1. The second-order valence-electron chi connectivity index (χ2n) is 5.84. The standard InChI is InChI=1S/C20H17N3O2/c21-13-16-12-15-3-1-2-4-17(15)23-20(16)22-8-7-14-5-6-18-19(11-14)25-10-9-24-18/h1-6,11-12H,7-10H2,(H,22,23). The van der Waals surface area contributed by atoms with Crippen LogP contribution in [-0.4, -0.2) is 24.7 Å². The van der Waals surface area contributed by atoms with Gasteiger partial charge in [0.2, 0.25) is 0 Å². The highest BCUT2D eigenvalue weighted by Gasteiger charge is 2.12. The van der Waals surface area contributed by atoms with Crippen molar-refractivity contribution in [2.24, 2.45) is 0 Å². The van der Waals surface area contributed by atoms with E-state index in [-0.39, 0.29) is 0 Å². The average Bonchev–Trinajstić information content (AvgIpc) is 2.67. The number of pyridine rings is 1. The third kappa shape index (κ3) is 3.20. The maximum atomic E-state index is 9.37. The monoisotopic (exact) mass is 331 g/mol. The van der Waals surface area contributed by atoms with E-state index in [9.17, 15) is 5.26 Å². The number of nitriles is 1. The molecule has 2 heterocycles. The van der Waals surface area contributed by atoms with E-state index in [1.54, 1.807) is 0 Å². The quantitative estimate of drug-likeness (QED) is 0.792. The van der Waals surface area contributed by atoms with Crippen LogP contribution in [0.15, 0.2) is 48.5 Å². The number of hydrogen-bond acceptors (Lipinski definition) is 5. The Bertz CT molecular complexity index is 963. The summed E-state index contributed by atoms with van der Waals surface area (Å²) in [6.07, 6.45) is 0.802. The van der Waals surface area contributed by atoms with Crippen molar-refractivity contribution in [1.82, 2.24) is 4.98 Å². The molecule has 124 valence electrons. The first-order chi connectivity index (χ1) is 12.3. The Kier molecular flexibility index (Phi) is 4.09. The van der Waals surface area contributed by atoms with Gasteiger partial charge in [-0.05, 0) is 36.2 Å². The molecule has 0 fully saturated rings. The van der Waals surface area contributed by atoms with Crippen LogP contribution in [-0.2, 0) is 6.42 Å². The van der Waals surface area contributed by atoms with Crippen molar-refractivity contribution in [3.05, 3.63) is 59.7 Å². The van der Waals surface area contributed by atoms with Crippen molar-refractivity contribution < 1.29 is 9.47 Å². The molecule has 0 atom stereocenters. The van der Waals surface area contributed by atoms with Gasteiger partial charge in [-0.25, -0.2) is 4.98 Å². The minimum atomic E-state index is 0.556. The number of hydrogen-bond donors (Lipinski definition) is 1. The number of nitrogens with one attached hydrogen (secondary N) is 1. The van der Waals surface area contributed by atoms with E-state index in [4.69, 9.17) is 9.47 Å². The van der Waals surface area contributed by atoms with Gasteiger partial charge in [-0.3, -0.25) is 0 Å². The van der Waals surface area contributed by atoms with Crippen molar-refractivity contribution in [1.29, 1.82) is 5.26 Å². The van der Waals surface area contributed by atoms with Crippen LogP contribution in [0, 0.1) is 11.3 Å². The molecular formula is C20H17N3O2. The maximum Gasteiger partial charge on any atom is 0.161 e. The Morgan fingerprint density at radius 1 is 1.04 bits per heavy atom. The van der Waals surface area contributed by atoms with Crippen molar-refractivity contribution in [3.8, 4) is 17.6 Å². The van der Waals surface area contributed by atoms with E-state index in [2.05, 4.69) is 16.4 Å². The number of nitrogens with zero attached hydrogens (tertiary/aromatic N) is 2. The molecule has 3 aromatic rings. The van der Waals surface area contributed by atoms with E-state index in [0.29, 0.717) is 31.1 Å². The van der Waals surface area contributed by atoms with Crippen molar-refractivity contribution >= 4 is 16.7 Å². The first-order valence-electron chi connectivity index (χ1n) is 8.26. The predicted molar refractivity (Wildman–Crippen MR) is 96.1 cm³/mol. The number of rotatable bonds is 4. The predicted octanol–water partition coefficient (Wildman–Crippen LogP) is 3.53. The Morgan fingerprint density at radius 3 is 2.76 bits per heavy atom. The SMILES string of the molecule is N#Cc1cc2ccccc2nc1NCCc1ccc2c(c1)OCCO2. The zero-order valence-corrected chi connectivity index (χ0v) is 13.7. The lowest BCUT2D eigenvalue weighted by Crippen LogP contribution is -2.15. The molecule has 1 aliphatic rings. The molecule has 0 saturated carbocycles. The fraction of sp³-hybridized carbons (Fsp3) is 0.200. The molecule has 0 unspecified atom stereocenters. The lowest BCUT2D eigenvalue weighted by atomic mass is 10.1. The van der Waals surface area contributed by atoms with Gasteiger partial charge in [0, 0.05) is 11.9 Å². The van der Waals surface area contributed by atoms with Crippen LogP contribution >= 0.6 is 0 Å². The molecule has 0 saturated heterocycles. The smallest absolute Gasteiger partial charge is 0.161 e. The van der Waals surface area contributed by atoms with Crippen LogP contribution in [0.4, 0.5) is 5.82 Å². The summed E-state index contributed by atoms with van der Waals surface area (Å²) in [5.41, 5.74) is 2.58. The first kappa shape index (κ1) is 15.3. The Balaban J connectivity index is 1.48. The Labute approximate surface area is 145 Å². The lowest BCUT2D eigenvalue weighted by molar-refractivity contribution is 0.171. The topological polar surface area (TPSA) is 67.2 Å². The van der Waals surface area contributed by atoms with Crippen molar-refractivity contribution in [3.63, 3.8) is 0 Å². The summed E-state index contributed by atoms with van der Waals surface area (Å²) in [5.74, 6) is 2.22. The van der Waals surface area contributed by atoms with Gasteiger partial charge in [0.25, 0.3) is 0 Å². The fourth-order valence-corrected chi connectivity index (χ4v) is 2.90. The highest BCUT2D eigenvalue weighted by Crippen LogP contribution is 2.30. The summed E-state index contributed by atoms with van der Waals surface area (Å²) in [4.78, 5) is 4.57.